The van der Waals surface area contributed by atoms with Gasteiger partial charge in [-0.3, -0.25) is 14.9 Å². The maximum Gasteiger partial charge on any atom is 0.273 e. The molecule has 1 fully saturated rings. The van der Waals surface area contributed by atoms with E-state index in [4.69, 9.17) is 4.74 Å². The van der Waals surface area contributed by atoms with E-state index in [0.717, 1.165) is 32.1 Å². The van der Waals surface area contributed by atoms with Crippen LogP contribution in [-0.2, 0) is 11.2 Å². The molecular weight excluding hydrogens is 344 g/mol. The molecular formula is C21H22N2O4. The zero-order valence-electron chi connectivity index (χ0n) is 15.0. The molecule has 0 heterocycles. The van der Waals surface area contributed by atoms with E-state index < -0.39 is 4.92 Å². The zero-order valence-corrected chi connectivity index (χ0v) is 15.0. The van der Waals surface area contributed by atoms with Gasteiger partial charge in [0.05, 0.1) is 17.0 Å². The van der Waals surface area contributed by atoms with Crippen LogP contribution in [0.2, 0.25) is 0 Å². The average Bonchev–Trinajstić information content (AvgIpc) is 3.52. The number of benzene rings is 2. The standard InChI is InChI=1S/C21H22N2O4/c24-21(14-27-18-8-4-7-17(13-18)23(25)26)22(16-11-12-16)20-10-3-6-15-5-1-2-9-19(15)20/h1-2,4-5,7-9,13,16,20H,3,6,10-12,14H2. The number of ether oxygens (including phenoxy) is 1. The van der Waals surface area contributed by atoms with Crippen LogP contribution in [0.3, 0.4) is 0 Å². The van der Waals surface area contributed by atoms with Gasteiger partial charge in [0, 0.05) is 12.1 Å². The number of aryl methyl sites for hydroxylation is 1. The number of carbonyl (C=O) groups excluding carboxylic acids is 1. The van der Waals surface area contributed by atoms with Crippen molar-refractivity contribution in [3.63, 3.8) is 0 Å². The Morgan fingerprint density at radius 3 is 2.74 bits per heavy atom. The normalized spacial score (nSPS) is 18.4. The van der Waals surface area contributed by atoms with Gasteiger partial charge in [0.15, 0.2) is 6.61 Å². The summed E-state index contributed by atoms with van der Waals surface area (Å²) in [4.78, 5) is 25.4. The molecule has 140 valence electrons. The fraction of sp³-hybridized carbons (Fsp3) is 0.381. The Morgan fingerprint density at radius 2 is 1.96 bits per heavy atom. The molecule has 6 heteroatoms. The number of nitro groups is 1. The molecule has 0 bridgehead atoms. The molecule has 1 saturated carbocycles. The van der Waals surface area contributed by atoms with Gasteiger partial charge < -0.3 is 9.64 Å². The van der Waals surface area contributed by atoms with E-state index in [2.05, 4.69) is 18.2 Å². The van der Waals surface area contributed by atoms with Crippen molar-refractivity contribution in [3.8, 4) is 5.75 Å². The Labute approximate surface area is 157 Å². The van der Waals surface area contributed by atoms with Crippen molar-refractivity contribution in [2.75, 3.05) is 6.61 Å². The van der Waals surface area contributed by atoms with E-state index in [1.54, 1.807) is 12.1 Å². The van der Waals surface area contributed by atoms with Gasteiger partial charge in [-0.15, -0.1) is 0 Å². The Bertz CT molecular complexity index is 863. The number of amides is 1. The lowest BCUT2D eigenvalue weighted by Gasteiger charge is -2.36. The first-order valence-corrected chi connectivity index (χ1v) is 9.39. The molecule has 2 aliphatic carbocycles. The molecule has 27 heavy (non-hydrogen) atoms. The van der Waals surface area contributed by atoms with E-state index in [9.17, 15) is 14.9 Å². The largest absolute Gasteiger partial charge is 0.484 e. The van der Waals surface area contributed by atoms with Crippen LogP contribution >= 0.6 is 0 Å². The Balaban J connectivity index is 1.49. The van der Waals surface area contributed by atoms with Gasteiger partial charge in [-0.2, -0.15) is 0 Å². The smallest absolute Gasteiger partial charge is 0.273 e. The molecule has 2 aromatic rings. The number of nitro benzene ring substituents is 1. The molecule has 2 aromatic carbocycles. The number of hydrogen-bond acceptors (Lipinski definition) is 4. The zero-order chi connectivity index (χ0) is 18.8. The second-order valence-electron chi connectivity index (χ2n) is 7.18. The Kier molecular flexibility index (Phi) is 4.79. The third kappa shape index (κ3) is 3.79. The van der Waals surface area contributed by atoms with Crippen LogP contribution in [0.25, 0.3) is 0 Å². The van der Waals surface area contributed by atoms with Gasteiger partial charge in [0.1, 0.15) is 5.75 Å². The highest BCUT2D eigenvalue weighted by molar-refractivity contribution is 5.79. The minimum atomic E-state index is -0.468. The number of non-ortho nitro benzene ring substituents is 1. The van der Waals surface area contributed by atoms with Gasteiger partial charge in [-0.05, 0) is 49.3 Å². The first-order valence-electron chi connectivity index (χ1n) is 9.39. The summed E-state index contributed by atoms with van der Waals surface area (Å²) in [6.45, 7) is -0.101. The molecule has 1 atom stereocenters. The minimum absolute atomic E-state index is 0.0415. The molecule has 0 aliphatic heterocycles. The lowest BCUT2D eigenvalue weighted by atomic mass is 9.86. The highest BCUT2D eigenvalue weighted by Gasteiger charge is 2.39. The molecule has 0 aromatic heterocycles. The van der Waals surface area contributed by atoms with Gasteiger partial charge >= 0.3 is 0 Å². The predicted molar refractivity (Wildman–Crippen MR) is 101 cm³/mol. The van der Waals surface area contributed by atoms with Crippen molar-refractivity contribution >= 4 is 11.6 Å². The van der Waals surface area contributed by atoms with Gasteiger partial charge in [-0.25, -0.2) is 0 Å². The second-order valence-corrected chi connectivity index (χ2v) is 7.18. The topological polar surface area (TPSA) is 72.7 Å². The van der Waals surface area contributed by atoms with Crippen LogP contribution in [-0.4, -0.2) is 28.4 Å². The second kappa shape index (κ2) is 7.39. The van der Waals surface area contributed by atoms with Crippen molar-refractivity contribution in [2.45, 2.75) is 44.2 Å². The number of hydrogen-bond donors (Lipinski definition) is 0. The fourth-order valence-corrected chi connectivity index (χ4v) is 3.91. The summed E-state index contributed by atoms with van der Waals surface area (Å²) < 4.78 is 5.60. The third-order valence-electron chi connectivity index (χ3n) is 5.29. The number of rotatable bonds is 6. The monoisotopic (exact) mass is 366 g/mol. The van der Waals surface area contributed by atoms with Crippen molar-refractivity contribution < 1.29 is 14.5 Å². The quantitative estimate of drug-likeness (QED) is 0.571. The molecule has 0 saturated heterocycles. The van der Waals surface area contributed by atoms with E-state index >= 15 is 0 Å². The summed E-state index contributed by atoms with van der Waals surface area (Å²) in [5.41, 5.74) is 2.53. The van der Waals surface area contributed by atoms with Crippen molar-refractivity contribution in [1.29, 1.82) is 0 Å². The molecule has 6 nitrogen and oxygen atoms in total. The van der Waals surface area contributed by atoms with Crippen LogP contribution in [0.5, 0.6) is 5.75 Å². The first kappa shape index (κ1) is 17.5. The highest BCUT2D eigenvalue weighted by atomic mass is 16.6. The van der Waals surface area contributed by atoms with Crippen LogP contribution < -0.4 is 4.74 Å². The summed E-state index contributed by atoms with van der Waals surface area (Å²) in [5.74, 6) is 0.294. The molecule has 0 radical (unpaired) electrons. The van der Waals surface area contributed by atoms with Gasteiger partial charge in [0.2, 0.25) is 0 Å². The number of nitrogens with zero attached hydrogens (tertiary/aromatic N) is 2. The Morgan fingerprint density at radius 1 is 1.15 bits per heavy atom. The highest BCUT2D eigenvalue weighted by Crippen LogP contribution is 2.40. The van der Waals surface area contributed by atoms with Gasteiger partial charge in [-0.1, -0.05) is 30.3 Å². The maximum atomic E-state index is 13.0. The molecule has 0 spiro atoms. The van der Waals surface area contributed by atoms with Crippen molar-refractivity contribution in [1.82, 2.24) is 4.90 Å². The summed E-state index contributed by atoms with van der Waals surface area (Å²) in [6.07, 6.45) is 5.16. The molecule has 1 amide bonds. The predicted octanol–water partition coefficient (Wildman–Crippen LogP) is 4.04. The molecule has 1 unspecified atom stereocenters. The van der Waals surface area contributed by atoms with Crippen LogP contribution in [0, 0.1) is 10.1 Å². The lowest BCUT2D eigenvalue weighted by Crippen LogP contribution is -2.41. The summed E-state index contributed by atoms with van der Waals surface area (Å²) in [5, 5.41) is 10.9. The number of carbonyl (C=O) groups is 1. The SMILES string of the molecule is O=C(COc1cccc([N+](=O)[O-])c1)N(C1CC1)C1CCCc2ccccc21. The third-order valence-corrected chi connectivity index (χ3v) is 5.29. The molecule has 2 aliphatic rings. The van der Waals surface area contributed by atoms with Crippen molar-refractivity contribution in [2.24, 2.45) is 0 Å². The first-order chi connectivity index (χ1) is 13.1. The van der Waals surface area contributed by atoms with Gasteiger partial charge in [0.25, 0.3) is 11.6 Å². The van der Waals surface area contributed by atoms with Crippen molar-refractivity contribution in [3.05, 3.63) is 69.8 Å². The summed E-state index contributed by atoms with van der Waals surface area (Å²) in [7, 11) is 0. The molecule has 4 rings (SSSR count). The van der Waals surface area contributed by atoms with E-state index in [1.165, 1.54) is 23.3 Å². The fourth-order valence-electron chi connectivity index (χ4n) is 3.91. The lowest BCUT2D eigenvalue weighted by molar-refractivity contribution is -0.384. The average molecular weight is 366 g/mol. The van der Waals surface area contributed by atoms with E-state index in [0.29, 0.717) is 5.75 Å². The van der Waals surface area contributed by atoms with Crippen LogP contribution in [0.1, 0.15) is 42.9 Å². The number of fused-ring (bicyclic) bond motifs is 1. The minimum Gasteiger partial charge on any atom is -0.484 e. The van der Waals surface area contributed by atoms with Crippen LogP contribution in [0.4, 0.5) is 5.69 Å². The van der Waals surface area contributed by atoms with E-state index in [1.807, 2.05) is 11.0 Å². The molecule has 0 N–H and O–H groups in total. The van der Waals surface area contributed by atoms with E-state index in [-0.39, 0.29) is 30.3 Å². The maximum absolute atomic E-state index is 13.0. The summed E-state index contributed by atoms with van der Waals surface area (Å²) in [6, 6.07) is 14.7. The summed E-state index contributed by atoms with van der Waals surface area (Å²) >= 11 is 0. The van der Waals surface area contributed by atoms with Crippen LogP contribution in [0.15, 0.2) is 48.5 Å². The Hall–Kier alpha value is -2.89.